The Balaban J connectivity index is 1.43. The number of nitrogens with zero attached hydrogens (tertiary/aromatic N) is 3. The largest absolute Gasteiger partial charge is 0.497 e. The van der Waals surface area contributed by atoms with Crippen molar-refractivity contribution in [3.8, 4) is 22.9 Å². The Labute approximate surface area is 175 Å². The summed E-state index contributed by atoms with van der Waals surface area (Å²) >= 11 is 0. The molecular formula is C23H25N3O4. The molecule has 3 aromatic rings. The summed E-state index contributed by atoms with van der Waals surface area (Å²) in [6.45, 7) is 3.29. The summed E-state index contributed by atoms with van der Waals surface area (Å²) < 4.78 is 16.1. The van der Waals surface area contributed by atoms with Crippen molar-refractivity contribution in [2.75, 3.05) is 27.3 Å². The molecule has 1 aliphatic heterocycles. The number of aryl methyl sites for hydroxylation is 1. The quantitative estimate of drug-likeness (QED) is 0.634. The van der Waals surface area contributed by atoms with Crippen LogP contribution in [0.1, 0.15) is 40.6 Å². The van der Waals surface area contributed by atoms with Crippen LogP contribution in [0.4, 0.5) is 0 Å². The van der Waals surface area contributed by atoms with E-state index in [0.29, 0.717) is 41.9 Å². The van der Waals surface area contributed by atoms with Crippen LogP contribution in [0.2, 0.25) is 0 Å². The van der Waals surface area contributed by atoms with Gasteiger partial charge in [0.05, 0.1) is 19.8 Å². The van der Waals surface area contributed by atoms with Crippen molar-refractivity contribution in [1.82, 2.24) is 15.0 Å². The summed E-state index contributed by atoms with van der Waals surface area (Å²) in [4.78, 5) is 19.4. The summed E-state index contributed by atoms with van der Waals surface area (Å²) in [5, 5.41) is 4.15. The molecule has 0 saturated carbocycles. The predicted octanol–water partition coefficient (Wildman–Crippen LogP) is 4.08. The van der Waals surface area contributed by atoms with Crippen LogP contribution in [-0.4, -0.2) is 48.3 Å². The maximum absolute atomic E-state index is 13.0. The van der Waals surface area contributed by atoms with E-state index < -0.39 is 0 Å². The van der Waals surface area contributed by atoms with Gasteiger partial charge in [0.25, 0.3) is 5.91 Å². The van der Waals surface area contributed by atoms with Gasteiger partial charge in [0.15, 0.2) is 0 Å². The predicted molar refractivity (Wildman–Crippen MR) is 112 cm³/mol. The van der Waals surface area contributed by atoms with Crippen molar-refractivity contribution in [2.24, 2.45) is 0 Å². The molecule has 4 rings (SSSR count). The minimum absolute atomic E-state index is 0.0427. The molecule has 2 aromatic carbocycles. The molecule has 1 aliphatic rings. The van der Waals surface area contributed by atoms with Crippen molar-refractivity contribution in [1.29, 1.82) is 0 Å². The number of hydrogen-bond acceptors (Lipinski definition) is 6. The lowest BCUT2D eigenvalue weighted by atomic mass is 9.96. The third kappa shape index (κ3) is 4.01. The summed E-state index contributed by atoms with van der Waals surface area (Å²) in [6, 6.07) is 13.3. The molecule has 7 nitrogen and oxygen atoms in total. The molecule has 0 atom stereocenters. The second kappa shape index (κ2) is 8.57. The van der Waals surface area contributed by atoms with Crippen molar-refractivity contribution in [2.45, 2.75) is 25.7 Å². The number of ether oxygens (including phenoxy) is 2. The highest BCUT2D eigenvalue weighted by atomic mass is 16.5. The van der Waals surface area contributed by atoms with E-state index in [9.17, 15) is 4.79 Å². The van der Waals surface area contributed by atoms with Crippen molar-refractivity contribution in [3.63, 3.8) is 0 Å². The molecule has 0 spiro atoms. The molecule has 1 saturated heterocycles. The number of carbonyl (C=O) groups excluding carboxylic acids is 1. The molecule has 7 heteroatoms. The molecule has 0 aliphatic carbocycles. The number of methoxy groups -OCH3 is 2. The highest BCUT2D eigenvalue weighted by molar-refractivity contribution is 5.97. The minimum Gasteiger partial charge on any atom is -0.497 e. The number of carbonyl (C=O) groups is 1. The number of hydrogen-bond donors (Lipinski definition) is 0. The van der Waals surface area contributed by atoms with Gasteiger partial charge in [-0.1, -0.05) is 28.9 Å². The van der Waals surface area contributed by atoms with Gasteiger partial charge in [-0.25, -0.2) is 0 Å². The lowest BCUT2D eigenvalue weighted by Crippen LogP contribution is -2.38. The van der Waals surface area contributed by atoms with Crippen LogP contribution in [-0.2, 0) is 0 Å². The zero-order valence-electron chi connectivity index (χ0n) is 17.4. The van der Waals surface area contributed by atoms with E-state index in [0.717, 1.165) is 24.0 Å². The first-order valence-electron chi connectivity index (χ1n) is 10.0. The third-order valence-electron chi connectivity index (χ3n) is 5.49. The first-order chi connectivity index (χ1) is 14.6. The van der Waals surface area contributed by atoms with E-state index in [1.165, 1.54) is 0 Å². The average Bonchev–Trinajstić information content (AvgIpc) is 3.28. The number of rotatable bonds is 5. The zero-order valence-corrected chi connectivity index (χ0v) is 17.4. The van der Waals surface area contributed by atoms with Gasteiger partial charge < -0.3 is 18.9 Å². The molecule has 30 heavy (non-hydrogen) atoms. The topological polar surface area (TPSA) is 77.7 Å². The Hall–Kier alpha value is -3.35. The molecule has 2 heterocycles. The zero-order chi connectivity index (χ0) is 21.1. The number of likely N-dealkylation sites (tertiary alicyclic amines) is 1. The number of piperidine rings is 1. The number of amides is 1. The highest BCUT2D eigenvalue weighted by Crippen LogP contribution is 2.31. The van der Waals surface area contributed by atoms with Gasteiger partial charge in [-0.05, 0) is 38.0 Å². The van der Waals surface area contributed by atoms with E-state index in [-0.39, 0.29) is 11.8 Å². The fraction of sp³-hybridized carbons (Fsp3) is 0.348. The van der Waals surface area contributed by atoms with Gasteiger partial charge in [-0.15, -0.1) is 0 Å². The summed E-state index contributed by atoms with van der Waals surface area (Å²) in [7, 11) is 3.14. The van der Waals surface area contributed by atoms with E-state index in [4.69, 9.17) is 14.0 Å². The monoisotopic (exact) mass is 407 g/mol. The Morgan fingerprint density at radius 2 is 1.90 bits per heavy atom. The Morgan fingerprint density at radius 3 is 2.60 bits per heavy atom. The molecule has 0 bridgehead atoms. The molecule has 1 fully saturated rings. The Kier molecular flexibility index (Phi) is 5.70. The number of aromatic nitrogens is 2. The molecule has 0 radical (unpaired) electrons. The van der Waals surface area contributed by atoms with Gasteiger partial charge in [-0.3, -0.25) is 4.79 Å². The second-order valence-electron chi connectivity index (χ2n) is 7.46. The first-order valence-corrected chi connectivity index (χ1v) is 10.0. The lowest BCUT2D eigenvalue weighted by molar-refractivity contribution is 0.0701. The third-order valence-corrected chi connectivity index (χ3v) is 5.49. The lowest BCUT2D eigenvalue weighted by Gasteiger charge is -2.30. The molecular weight excluding hydrogens is 382 g/mol. The van der Waals surface area contributed by atoms with Gasteiger partial charge in [0.2, 0.25) is 11.7 Å². The standard InChI is InChI=1S/C23H25N3O4/c1-15-5-4-6-17(13-15)21-24-22(30-25-21)16-9-11-26(12-10-16)23(27)19-8-7-18(28-2)14-20(19)29-3/h4-8,13-14,16H,9-12H2,1-3H3. The van der Waals surface area contributed by atoms with E-state index in [1.54, 1.807) is 32.4 Å². The maximum atomic E-state index is 13.0. The fourth-order valence-corrected chi connectivity index (χ4v) is 3.78. The van der Waals surface area contributed by atoms with Gasteiger partial charge in [0.1, 0.15) is 11.5 Å². The first kappa shape index (κ1) is 19.9. The van der Waals surface area contributed by atoms with Gasteiger partial charge in [0, 0.05) is 30.6 Å². The molecule has 0 unspecified atom stereocenters. The van der Waals surface area contributed by atoms with E-state index in [1.807, 2.05) is 36.1 Å². The van der Waals surface area contributed by atoms with Crippen molar-refractivity contribution >= 4 is 5.91 Å². The molecule has 1 amide bonds. The van der Waals surface area contributed by atoms with E-state index >= 15 is 0 Å². The smallest absolute Gasteiger partial charge is 0.257 e. The maximum Gasteiger partial charge on any atom is 0.257 e. The molecule has 0 N–H and O–H groups in total. The number of benzene rings is 2. The van der Waals surface area contributed by atoms with Crippen LogP contribution in [0.15, 0.2) is 47.0 Å². The van der Waals surface area contributed by atoms with E-state index in [2.05, 4.69) is 10.1 Å². The normalized spacial score (nSPS) is 14.6. The average molecular weight is 407 g/mol. The van der Waals surface area contributed by atoms with Crippen LogP contribution >= 0.6 is 0 Å². The summed E-state index contributed by atoms with van der Waals surface area (Å²) in [5.74, 6) is 2.52. The second-order valence-corrected chi connectivity index (χ2v) is 7.46. The van der Waals surface area contributed by atoms with Gasteiger partial charge >= 0.3 is 0 Å². The van der Waals surface area contributed by atoms with Crippen LogP contribution in [0.3, 0.4) is 0 Å². The Morgan fingerprint density at radius 1 is 1.10 bits per heavy atom. The van der Waals surface area contributed by atoms with Crippen LogP contribution in [0.5, 0.6) is 11.5 Å². The molecule has 156 valence electrons. The highest BCUT2D eigenvalue weighted by Gasteiger charge is 2.29. The van der Waals surface area contributed by atoms with Crippen LogP contribution in [0.25, 0.3) is 11.4 Å². The SMILES string of the molecule is COc1ccc(C(=O)N2CCC(c3nc(-c4cccc(C)c4)no3)CC2)c(OC)c1. The summed E-state index contributed by atoms with van der Waals surface area (Å²) in [6.07, 6.45) is 1.55. The molecule has 1 aromatic heterocycles. The summed E-state index contributed by atoms with van der Waals surface area (Å²) in [5.41, 5.74) is 2.64. The van der Waals surface area contributed by atoms with Crippen LogP contribution < -0.4 is 9.47 Å². The van der Waals surface area contributed by atoms with Gasteiger partial charge in [-0.2, -0.15) is 4.98 Å². The van der Waals surface area contributed by atoms with Crippen molar-refractivity contribution < 1.29 is 18.8 Å². The minimum atomic E-state index is -0.0427. The van der Waals surface area contributed by atoms with Crippen molar-refractivity contribution in [3.05, 3.63) is 59.5 Å². The van der Waals surface area contributed by atoms with Crippen LogP contribution in [0, 0.1) is 6.92 Å². The fourth-order valence-electron chi connectivity index (χ4n) is 3.78. The Bertz CT molecular complexity index is 1040.